The molecule has 0 N–H and O–H groups in total. The van der Waals surface area contributed by atoms with Gasteiger partial charge < -0.3 is 4.90 Å². The van der Waals surface area contributed by atoms with Crippen LogP contribution in [0.3, 0.4) is 0 Å². The van der Waals surface area contributed by atoms with E-state index in [4.69, 9.17) is 0 Å². The van der Waals surface area contributed by atoms with E-state index in [0.717, 1.165) is 24.9 Å². The summed E-state index contributed by atoms with van der Waals surface area (Å²) in [5.41, 5.74) is 1.46. The fourth-order valence-electron chi connectivity index (χ4n) is 4.98. The lowest BCUT2D eigenvalue weighted by molar-refractivity contribution is -0.133. The number of aromatic nitrogens is 4. The van der Waals surface area contributed by atoms with Gasteiger partial charge in [-0.3, -0.25) is 4.79 Å². The zero-order valence-corrected chi connectivity index (χ0v) is 15.1. The molecule has 6 heteroatoms. The minimum Gasteiger partial charge on any atom is -0.337 e. The van der Waals surface area contributed by atoms with Crippen LogP contribution < -0.4 is 0 Å². The van der Waals surface area contributed by atoms with Crippen LogP contribution >= 0.6 is 0 Å². The quantitative estimate of drug-likeness (QED) is 0.862. The number of nitrogens with zero attached hydrogens (tertiary/aromatic N) is 5. The lowest BCUT2D eigenvalue weighted by Gasteiger charge is -2.39. The zero-order valence-electron chi connectivity index (χ0n) is 15.1. The maximum atomic E-state index is 12.9. The fourth-order valence-corrected chi connectivity index (χ4v) is 4.98. The molecule has 2 aromatic rings. The van der Waals surface area contributed by atoms with E-state index in [0.29, 0.717) is 17.3 Å². The molecule has 2 bridgehead atoms. The number of carbonyl (C=O) groups excluding carboxylic acids is 1. The van der Waals surface area contributed by atoms with E-state index in [9.17, 15) is 4.79 Å². The molecule has 2 atom stereocenters. The number of amides is 1. The van der Waals surface area contributed by atoms with Gasteiger partial charge in [0, 0.05) is 18.2 Å². The van der Waals surface area contributed by atoms with Crippen LogP contribution in [0.2, 0.25) is 0 Å². The smallest absolute Gasteiger partial charge is 0.246 e. The standard InChI is InChI=1S/C19H25N5O/c1-18(2)9-15-10-19(3,12-18)13-23(15)16(25)11-24-21-17(20-22-24)14-7-5-4-6-8-14/h4-8,15H,9-13H2,1-3H3/t15-,19-/m0/s1. The topological polar surface area (TPSA) is 63.9 Å². The molecule has 2 aliphatic rings. The number of rotatable bonds is 3. The molecule has 1 saturated heterocycles. The lowest BCUT2D eigenvalue weighted by Crippen LogP contribution is -2.39. The van der Waals surface area contributed by atoms with Gasteiger partial charge in [0.05, 0.1) is 0 Å². The molecule has 0 radical (unpaired) electrons. The Labute approximate surface area is 148 Å². The van der Waals surface area contributed by atoms with E-state index in [1.807, 2.05) is 30.3 Å². The second-order valence-electron chi connectivity index (χ2n) is 8.74. The highest BCUT2D eigenvalue weighted by atomic mass is 16.2. The van der Waals surface area contributed by atoms with Gasteiger partial charge in [0.25, 0.3) is 0 Å². The molecule has 2 fully saturated rings. The molecule has 1 aromatic heterocycles. The normalized spacial score (nSPS) is 27.5. The first-order valence-electron chi connectivity index (χ1n) is 8.96. The Bertz CT molecular complexity index is 784. The van der Waals surface area contributed by atoms with E-state index in [1.54, 1.807) is 0 Å². The van der Waals surface area contributed by atoms with Crippen molar-refractivity contribution in [3.63, 3.8) is 0 Å². The van der Waals surface area contributed by atoms with E-state index in [1.165, 1.54) is 11.2 Å². The number of hydrogen-bond acceptors (Lipinski definition) is 4. The van der Waals surface area contributed by atoms with Crippen LogP contribution in [-0.2, 0) is 11.3 Å². The Morgan fingerprint density at radius 3 is 2.72 bits per heavy atom. The Kier molecular flexibility index (Phi) is 3.67. The van der Waals surface area contributed by atoms with Crippen molar-refractivity contribution in [1.29, 1.82) is 0 Å². The van der Waals surface area contributed by atoms with Crippen molar-refractivity contribution >= 4 is 5.91 Å². The van der Waals surface area contributed by atoms with Gasteiger partial charge in [0.2, 0.25) is 11.7 Å². The van der Waals surface area contributed by atoms with Gasteiger partial charge in [-0.05, 0) is 35.3 Å². The Hall–Kier alpha value is -2.24. The molecular weight excluding hydrogens is 314 g/mol. The molecule has 132 valence electrons. The van der Waals surface area contributed by atoms with Crippen molar-refractivity contribution in [3.05, 3.63) is 30.3 Å². The molecule has 0 unspecified atom stereocenters. The van der Waals surface area contributed by atoms with Crippen molar-refractivity contribution in [2.45, 2.75) is 52.6 Å². The van der Waals surface area contributed by atoms with Crippen LogP contribution in [0.4, 0.5) is 0 Å². The summed E-state index contributed by atoms with van der Waals surface area (Å²) >= 11 is 0. The van der Waals surface area contributed by atoms with Crippen LogP contribution in [0.25, 0.3) is 11.4 Å². The van der Waals surface area contributed by atoms with Gasteiger partial charge in [-0.1, -0.05) is 51.1 Å². The predicted octanol–water partition coefficient (Wildman–Crippen LogP) is 2.77. The highest BCUT2D eigenvalue weighted by Gasteiger charge is 2.50. The molecule has 1 aliphatic carbocycles. The summed E-state index contributed by atoms with van der Waals surface area (Å²) in [5, 5.41) is 12.5. The largest absolute Gasteiger partial charge is 0.337 e. The van der Waals surface area contributed by atoms with E-state index < -0.39 is 0 Å². The Morgan fingerprint density at radius 2 is 1.96 bits per heavy atom. The van der Waals surface area contributed by atoms with Crippen LogP contribution in [0.15, 0.2) is 30.3 Å². The summed E-state index contributed by atoms with van der Waals surface area (Å²) in [6.07, 6.45) is 3.37. The molecule has 6 nitrogen and oxygen atoms in total. The van der Waals surface area contributed by atoms with Gasteiger partial charge in [-0.2, -0.15) is 4.80 Å². The molecule has 2 heterocycles. The number of fused-ring (bicyclic) bond motifs is 2. The third-order valence-corrected chi connectivity index (χ3v) is 5.50. The SMILES string of the molecule is CC1(C)C[C@H]2C[C@](C)(CN2C(=O)Cn2nnc(-c3ccccc3)n2)C1. The Balaban J connectivity index is 1.47. The molecule has 1 saturated carbocycles. The summed E-state index contributed by atoms with van der Waals surface area (Å²) in [5.74, 6) is 0.657. The van der Waals surface area contributed by atoms with Gasteiger partial charge in [0.15, 0.2) is 0 Å². The van der Waals surface area contributed by atoms with E-state index in [2.05, 4.69) is 41.1 Å². The van der Waals surface area contributed by atoms with Gasteiger partial charge in [-0.25, -0.2) is 0 Å². The number of benzene rings is 1. The minimum atomic E-state index is 0.100. The number of tetrazole rings is 1. The van der Waals surface area contributed by atoms with E-state index >= 15 is 0 Å². The average Bonchev–Trinajstić information content (AvgIpc) is 3.09. The molecule has 1 aliphatic heterocycles. The summed E-state index contributed by atoms with van der Waals surface area (Å²) < 4.78 is 0. The summed E-state index contributed by atoms with van der Waals surface area (Å²) in [4.78, 5) is 16.3. The second-order valence-corrected chi connectivity index (χ2v) is 8.74. The van der Waals surface area contributed by atoms with Crippen molar-refractivity contribution in [1.82, 2.24) is 25.1 Å². The second kappa shape index (κ2) is 5.64. The molecule has 1 amide bonds. The minimum absolute atomic E-state index is 0.100. The lowest BCUT2D eigenvalue weighted by atomic mass is 9.65. The predicted molar refractivity (Wildman–Crippen MR) is 94.5 cm³/mol. The maximum absolute atomic E-state index is 12.9. The number of hydrogen-bond donors (Lipinski definition) is 0. The molecule has 1 aromatic carbocycles. The molecular formula is C19H25N5O. The average molecular weight is 339 g/mol. The molecule has 25 heavy (non-hydrogen) atoms. The molecule has 0 spiro atoms. The first-order chi connectivity index (χ1) is 11.8. The van der Waals surface area contributed by atoms with Crippen LogP contribution in [-0.4, -0.2) is 43.6 Å². The van der Waals surface area contributed by atoms with Crippen molar-refractivity contribution in [2.24, 2.45) is 10.8 Å². The van der Waals surface area contributed by atoms with Crippen molar-refractivity contribution in [2.75, 3.05) is 6.54 Å². The highest BCUT2D eigenvalue weighted by molar-refractivity contribution is 5.76. The van der Waals surface area contributed by atoms with Gasteiger partial charge in [-0.15, -0.1) is 10.2 Å². The summed E-state index contributed by atoms with van der Waals surface area (Å²) in [7, 11) is 0. The first kappa shape index (κ1) is 16.2. The summed E-state index contributed by atoms with van der Waals surface area (Å²) in [6, 6.07) is 10.1. The number of carbonyl (C=O) groups is 1. The first-order valence-corrected chi connectivity index (χ1v) is 8.96. The van der Waals surface area contributed by atoms with Crippen molar-refractivity contribution in [3.8, 4) is 11.4 Å². The van der Waals surface area contributed by atoms with Crippen LogP contribution in [0.1, 0.15) is 40.0 Å². The van der Waals surface area contributed by atoms with Gasteiger partial charge in [0.1, 0.15) is 6.54 Å². The third-order valence-electron chi connectivity index (χ3n) is 5.50. The van der Waals surface area contributed by atoms with E-state index in [-0.39, 0.29) is 17.9 Å². The third kappa shape index (κ3) is 3.17. The highest BCUT2D eigenvalue weighted by Crippen LogP contribution is 2.52. The molecule has 4 rings (SSSR count). The van der Waals surface area contributed by atoms with Crippen LogP contribution in [0, 0.1) is 10.8 Å². The maximum Gasteiger partial charge on any atom is 0.246 e. The Morgan fingerprint density at radius 1 is 1.20 bits per heavy atom. The fraction of sp³-hybridized carbons (Fsp3) is 0.579. The van der Waals surface area contributed by atoms with Crippen LogP contribution in [0.5, 0.6) is 0 Å². The monoisotopic (exact) mass is 339 g/mol. The zero-order chi connectivity index (χ0) is 17.7. The van der Waals surface area contributed by atoms with Crippen molar-refractivity contribution < 1.29 is 4.79 Å². The number of likely N-dealkylation sites (tertiary alicyclic amines) is 1. The van der Waals surface area contributed by atoms with Gasteiger partial charge >= 0.3 is 0 Å². The summed E-state index contributed by atoms with van der Waals surface area (Å²) in [6.45, 7) is 7.95.